The largest absolute Gasteiger partial charge is 0.310 e. The minimum Gasteiger partial charge on any atom is -0.310 e. The Morgan fingerprint density at radius 3 is 2.12 bits per heavy atom. The molecular weight excluding hydrogens is 314 g/mol. The molecule has 1 heterocycles. The molecule has 0 unspecified atom stereocenters. The summed E-state index contributed by atoms with van der Waals surface area (Å²) in [5.74, 6) is 0. The molecule has 0 fully saturated rings. The lowest BCUT2D eigenvalue weighted by Crippen LogP contribution is -1.96. The quantitative estimate of drug-likeness (QED) is 0.424. The third kappa shape index (κ3) is 4.76. The molecular formula is C25H33N. The first-order valence-corrected chi connectivity index (χ1v) is 9.58. The van der Waals surface area contributed by atoms with Gasteiger partial charge in [-0.25, -0.2) is 0 Å². The molecule has 26 heavy (non-hydrogen) atoms. The number of hydrogen-bond donors (Lipinski definition) is 0. The van der Waals surface area contributed by atoms with Crippen molar-refractivity contribution >= 4 is 17.0 Å². The average Bonchev–Trinajstić information content (AvgIpc) is 2.95. The Balaban J connectivity index is 0.000000791. The number of aromatic nitrogens is 1. The van der Waals surface area contributed by atoms with Crippen LogP contribution in [0.25, 0.3) is 22.7 Å². The lowest BCUT2D eigenvalue weighted by molar-refractivity contribution is 1.10. The summed E-state index contributed by atoms with van der Waals surface area (Å²) < 4.78 is 2.32. The average molecular weight is 348 g/mol. The first kappa shape index (κ1) is 21.5. The molecule has 138 valence electrons. The molecule has 3 aromatic rings. The second-order valence-electron chi connectivity index (χ2n) is 5.88. The first-order valence-electron chi connectivity index (χ1n) is 9.58. The van der Waals surface area contributed by atoms with E-state index in [0.29, 0.717) is 0 Å². The fourth-order valence-electron chi connectivity index (χ4n) is 2.86. The van der Waals surface area contributed by atoms with Crippen molar-refractivity contribution in [2.75, 3.05) is 0 Å². The summed E-state index contributed by atoms with van der Waals surface area (Å²) in [4.78, 5) is 0. The van der Waals surface area contributed by atoms with Gasteiger partial charge in [-0.15, -0.1) is 0 Å². The van der Waals surface area contributed by atoms with Crippen LogP contribution in [0.3, 0.4) is 0 Å². The summed E-state index contributed by atoms with van der Waals surface area (Å²) in [5, 5.41) is 1.31. The van der Waals surface area contributed by atoms with E-state index < -0.39 is 0 Å². The van der Waals surface area contributed by atoms with Gasteiger partial charge < -0.3 is 4.57 Å². The Morgan fingerprint density at radius 1 is 0.923 bits per heavy atom. The number of aryl methyl sites for hydroxylation is 2. The molecule has 2 aromatic carbocycles. The van der Waals surface area contributed by atoms with Crippen molar-refractivity contribution in [3.63, 3.8) is 0 Å². The number of allylic oxidation sites excluding steroid dienone is 2. The van der Waals surface area contributed by atoms with Crippen LogP contribution in [-0.2, 0) is 0 Å². The Labute approximate surface area is 159 Å². The summed E-state index contributed by atoms with van der Waals surface area (Å²) in [6, 6.07) is 17.2. The Morgan fingerprint density at radius 2 is 1.54 bits per heavy atom. The summed E-state index contributed by atoms with van der Waals surface area (Å²) >= 11 is 0. The fourth-order valence-corrected chi connectivity index (χ4v) is 2.86. The van der Waals surface area contributed by atoms with Crippen molar-refractivity contribution in [3.8, 4) is 5.69 Å². The van der Waals surface area contributed by atoms with Crippen molar-refractivity contribution in [2.45, 2.75) is 48.5 Å². The van der Waals surface area contributed by atoms with Gasteiger partial charge in [0.25, 0.3) is 0 Å². The number of benzene rings is 2. The van der Waals surface area contributed by atoms with Gasteiger partial charge in [0.1, 0.15) is 0 Å². The SMILES string of the molecule is C=C(C)/C=C\c1c(C)c2cc(C)ccc2n1-c1ccccc1.CC.CC. The lowest BCUT2D eigenvalue weighted by Gasteiger charge is -2.09. The van der Waals surface area contributed by atoms with Crippen LogP contribution < -0.4 is 0 Å². The van der Waals surface area contributed by atoms with E-state index in [-0.39, 0.29) is 0 Å². The van der Waals surface area contributed by atoms with E-state index in [0.717, 1.165) is 5.57 Å². The van der Waals surface area contributed by atoms with E-state index in [4.69, 9.17) is 0 Å². The van der Waals surface area contributed by atoms with E-state index in [1.165, 1.54) is 33.4 Å². The van der Waals surface area contributed by atoms with Gasteiger partial charge in [-0.1, -0.05) is 75.8 Å². The Kier molecular flexibility index (Phi) is 8.64. The van der Waals surface area contributed by atoms with Gasteiger partial charge in [0.15, 0.2) is 0 Å². The molecule has 1 aromatic heterocycles. The zero-order valence-corrected chi connectivity index (χ0v) is 17.4. The zero-order valence-electron chi connectivity index (χ0n) is 17.4. The highest BCUT2D eigenvalue weighted by molar-refractivity contribution is 5.90. The molecule has 0 bridgehead atoms. The van der Waals surface area contributed by atoms with Gasteiger partial charge in [-0.3, -0.25) is 0 Å². The fraction of sp³-hybridized carbons (Fsp3) is 0.280. The van der Waals surface area contributed by atoms with Crippen LogP contribution in [0, 0.1) is 13.8 Å². The normalized spacial score (nSPS) is 10.1. The summed E-state index contributed by atoms with van der Waals surface area (Å²) in [5.41, 5.74) is 7.30. The molecule has 1 heteroatoms. The number of hydrogen-bond acceptors (Lipinski definition) is 0. The highest BCUT2D eigenvalue weighted by Crippen LogP contribution is 2.30. The maximum atomic E-state index is 3.97. The molecule has 0 aliphatic rings. The van der Waals surface area contributed by atoms with Crippen molar-refractivity contribution < 1.29 is 0 Å². The van der Waals surface area contributed by atoms with Crippen LogP contribution in [0.1, 0.15) is 51.4 Å². The predicted octanol–water partition coefficient (Wildman–Crippen LogP) is 7.89. The Hall–Kier alpha value is -2.54. The van der Waals surface area contributed by atoms with Crippen LogP contribution >= 0.6 is 0 Å². The summed E-state index contributed by atoms with van der Waals surface area (Å²) in [6.45, 7) is 18.3. The maximum absolute atomic E-state index is 3.97. The smallest absolute Gasteiger partial charge is 0.0537 e. The number of rotatable bonds is 3. The van der Waals surface area contributed by atoms with Crippen LogP contribution in [0.15, 0.2) is 66.8 Å². The van der Waals surface area contributed by atoms with Gasteiger partial charge in [-0.2, -0.15) is 0 Å². The highest BCUT2D eigenvalue weighted by atomic mass is 15.0. The van der Waals surface area contributed by atoms with E-state index in [1.807, 2.05) is 34.6 Å². The van der Waals surface area contributed by atoms with E-state index in [1.54, 1.807) is 0 Å². The number of para-hydroxylation sites is 1. The van der Waals surface area contributed by atoms with Crippen LogP contribution in [0.2, 0.25) is 0 Å². The molecule has 0 atom stereocenters. The highest BCUT2D eigenvalue weighted by Gasteiger charge is 2.13. The van der Waals surface area contributed by atoms with Crippen molar-refractivity contribution in [2.24, 2.45) is 0 Å². The molecule has 0 N–H and O–H groups in total. The molecule has 1 nitrogen and oxygen atoms in total. The number of nitrogens with zero attached hydrogens (tertiary/aromatic N) is 1. The molecule has 0 aliphatic heterocycles. The Bertz CT molecular complexity index is 864. The van der Waals surface area contributed by atoms with Crippen LogP contribution in [0.5, 0.6) is 0 Å². The standard InChI is InChI=1S/C21H21N.2C2H6/c1-15(2)10-12-20-17(4)19-14-16(3)11-13-21(19)22(20)18-8-6-5-7-9-18;2*1-2/h5-14H,1H2,2-4H3;2*1-2H3/b12-10-;;. The molecule has 0 radical (unpaired) electrons. The van der Waals surface area contributed by atoms with Gasteiger partial charge in [0, 0.05) is 16.8 Å². The lowest BCUT2D eigenvalue weighted by atomic mass is 10.1. The third-order valence-corrected chi connectivity index (χ3v) is 3.96. The second kappa shape index (κ2) is 10.5. The minimum atomic E-state index is 1.06. The van der Waals surface area contributed by atoms with Gasteiger partial charge >= 0.3 is 0 Å². The second-order valence-corrected chi connectivity index (χ2v) is 5.88. The number of fused-ring (bicyclic) bond motifs is 1. The third-order valence-electron chi connectivity index (χ3n) is 3.96. The summed E-state index contributed by atoms with van der Waals surface area (Å²) in [7, 11) is 0. The van der Waals surface area contributed by atoms with E-state index in [2.05, 4.69) is 85.7 Å². The van der Waals surface area contributed by atoms with E-state index in [9.17, 15) is 0 Å². The molecule has 0 spiro atoms. The first-order chi connectivity index (χ1) is 12.6. The molecule has 0 aliphatic carbocycles. The molecule has 3 rings (SSSR count). The molecule has 0 saturated carbocycles. The molecule has 0 saturated heterocycles. The van der Waals surface area contributed by atoms with Crippen molar-refractivity contribution in [1.29, 1.82) is 0 Å². The molecule has 0 amide bonds. The van der Waals surface area contributed by atoms with Crippen molar-refractivity contribution in [1.82, 2.24) is 4.57 Å². The monoisotopic (exact) mass is 347 g/mol. The topological polar surface area (TPSA) is 4.93 Å². The van der Waals surface area contributed by atoms with Gasteiger partial charge in [-0.05, 0) is 56.7 Å². The van der Waals surface area contributed by atoms with E-state index >= 15 is 0 Å². The maximum Gasteiger partial charge on any atom is 0.0537 e. The predicted molar refractivity (Wildman–Crippen MR) is 119 cm³/mol. The van der Waals surface area contributed by atoms with Crippen LogP contribution in [0.4, 0.5) is 0 Å². The van der Waals surface area contributed by atoms with Crippen molar-refractivity contribution in [3.05, 3.63) is 83.6 Å². The van der Waals surface area contributed by atoms with Gasteiger partial charge in [0.05, 0.1) is 5.52 Å². The zero-order chi connectivity index (χ0) is 19.7. The van der Waals surface area contributed by atoms with Gasteiger partial charge in [0.2, 0.25) is 0 Å². The summed E-state index contributed by atoms with van der Waals surface area (Å²) in [6.07, 6.45) is 4.24. The minimum absolute atomic E-state index is 1.06. The van der Waals surface area contributed by atoms with Crippen LogP contribution in [-0.4, -0.2) is 4.57 Å².